The molecule has 8 rings (SSSR count). The number of hydrogen-bond donors (Lipinski definition) is 1. The predicted octanol–water partition coefficient (Wildman–Crippen LogP) is 24.0. The second-order valence-corrected chi connectivity index (χ2v) is 52.2. The van der Waals surface area contributed by atoms with E-state index in [4.69, 9.17) is 80.0 Å². The zero-order valence-corrected chi connectivity index (χ0v) is 81.2. The van der Waals surface area contributed by atoms with E-state index < -0.39 is 53.8 Å². The van der Waals surface area contributed by atoms with Gasteiger partial charge in [-0.15, -0.1) is 40.9 Å². The molecule has 0 aromatic heterocycles. The van der Waals surface area contributed by atoms with Crippen LogP contribution in [-0.2, 0) is 63.6 Å². The maximum Gasteiger partial charge on any atom is 0.535 e. The van der Waals surface area contributed by atoms with Gasteiger partial charge in [-0.1, -0.05) is 246 Å². The highest BCUT2D eigenvalue weighted by atomic mass is 79.9. The van der Waals surface area contributed by atoms with Gasteiger partial charge in [0.2, 0.25) is 0 Å². The van der Waals surface area contributed by atoms with Crippen molar-refractivity contribution < 1.29 is 55.6 Å². The Morgan fingerprint density at radius 3 is 1.21 bits per heavy atom. The van der Waals surface area contributed by atoms with Crippen molar-refractivity contribution in [3.8, 4) is 0 Å². The molecule has 0 bridgehead atoms. The highest BCUT2D eigenvalue weighted by Crippen LogP contribution is 2.64. The van der Waals surface area contributed by atoms with E-state index in [9.17, 15) is 9.90 Å². The van der Waals surface area contributed by atoms with Crippen LogP contribution < -0.4 is 0 Å². The summed E-state index contributed by atoms with van der Waals surface area (Å²) in [6.45, 7) is 68.4. The summed E-state index contributed by atoms with van der Waals surface area (Å²) in [4.78, 5) is 45.2. The van der Waals surface area contributed by atoms with Crippen LogP contribution in [0.1, 0.15) is 295 Å². The molecule has 22 heteroatoms. The number of aldehydes is 1. The molecular formula is C88H143Br2Cl3N2O12Si3. The van der Waals surface area contributed by atoms with Gasteiger partial charge in [0.1, 0.15) is 6.29 Å². The zero-order chi connectivity index (χ0) is 84.3. The van der Waals surface area contributed by atoms with Gasteiger partial charge in [0.05, 0.1) is 40.7 Å². The van der Waals surface area contributed by atoms with Gasteiger partial charge >= 0.3 is 37.6 Å². The van der Waals surface area contributed by atoms with Gasteiger partial charge in [-0.25, -0.2) is 0 Å². The molecule has 2 aromatic rings. The molecule has 2 aromatic carbocycles. The summed E-state index contributed by atoms with van der Waals surface area (Å²) >= 11 is 27.0. The molecule has 1 aliphatic carbocycles. The lowest BCUT2D eigenvalue weighted by Gasteiger charge is -2.59. The van der Waals surface area contributed by atoms with Crippen LogP contribution in [0, 0.1) is 49.2 Å². The SMILES string of the molecule is C/C=C/C[Si]1(Cl)N(Cc2ccc(Br)cc2)[C@@H]2CCCC[C@H]2N1Cc1ccc(Br)cc1.C=C[C@H](C)[C@H](O)/C(CCCCCl)=C1/C(C)(C)[C@H](CC(C)(C)C)O[Si]12OC(C)(C(C)(C)C)CC(C)(C(C)(C)C)O2.CC(C)(C)C[C@@H]1O[Si]2(OC(C)(C(C)(C)C)CC(C)(C(C)(C)C)O2)/C(=C(\C=O)CCCCCl)C1(C)C.O=C=O.O=C=O. The van der Waals surface area contributed by atoms with Crippen LogP contribution in [0.3, 0.4) is 0 Å². The van der Waals surface area contributed by atoms with E-state index in [1.807, 2.05) is 13.0 Å². The normalized spacial score (nSPS) is 30.4. The number of aliphatic hydroxyl groups is 1. The van der Waals surface area contributed by atoms with Gasteiger partial charge in [-0.3, -0.25) is 13.9 Å². The van der Waals surface area contributed by atoms with Crippen molar-refractivity contribution in [1.82, 2.24) is 9.13 Å². The smallest absolute Gasteiger partial charge is 0.388 e. The van der Waals surface area contributed by atoms with E-state index in [1.165, 1.54) is 36.8 Å². The average molecular weight is 1770 g/mol. The number of fused-ring (bicyclic) bond motifs is 1. The number of benzene rings is 2. The summed E-state index contributed by atoms with van der Waals surface area (Å²) in [6.07, 6.45) is 20.2. The Kier molecular flexibility index (Phi) is 35.8. The van der Waals surface area contributed by atoms with E-state index in [-0.39, 0.29) is 73.7 Å². The van der Waals surface area contributed by atoms with Crippen LogP contribution >= 0.6 is 66.1 Å². The highest BCUT2D eigenvalue weighted by Gasteiger charge is 2.74. The third-order valence-electron chi connectivity index (χ3n) is 25.0. The topological polar surface area (TPSA) is 167 Å². The first-order chi connectivity index (χ1) is 50.3. The second-order valence-electron chi connectivity index (χ2n) is 40.3. The summed E-state index contributed by atoms with van der Waals surface area (Å²) in [5, 5.41) is 14.0. The quantitative estimate of drug-likeness (QED) is 0.0253. The van der Waals surface area contributed by atoms with E-state index in [0.29, 0.717) is 30.3 Å². The minimum Gasteiger partial charge on any atom is -0.388 e. The van der Waals surface area contributed by atoms with Crippen LogP contribution in [-0.4, -0.2) is 123 Å². The molecule has 6 fully saturated rings. The fourth-order valence-corrected chi connectivity index (χ4v) is 32.0. The van der Waals surface area contributed by atoms with Crippen molar-refractivity contribution in [3.05, 3.63) is 115 Å². The summed E-state index contributed by atoms with van der Waals surface area (Å²) in [6, 6.07) is 19.6. The van der Waals surface area contributed by atoms with Crippen molar-refractivity contribution >= 4 is 110 Å². The summed E-state index contributed by atoms with van der Waals surface area (Å²) in [5.74, 6) is 1.08. The minimum atomic E-state index is -3.53. The number of aliphatic hydroxyl groups excluding tert-OH is 1. The Bertz CT molecular complexity index is 3370. The first-order valence-electron chi connectivity index (χ1n) is 40.1. The fraction of sp³-hybridized carbons (Fsp3) is 0.739. The largest absolute Gasteiger partial charge is 0.535 e. The molecular weight excluding hydrogens is 1630 g/mol. The molecule has 1 saturated carbocycles. The first-order valence-corrected chi connectivity index (χ1v) is 49.4. The molecule has 110 heavy (non-hydrogen) atoms. The molecule has 1 N–H and O–H groups in total. The Morgan fingerprint density at radius 2 is 0.909 bits per heavy atom. The number of nitrogens with zero attached hydrogens (tertiary/aromatic N) is 2. The van der Waals surface area contributed by atoms with Crippen LogP contribution in [0.2, 0.25) is 6.04 Å². The molecule has 6 aliphatic rings. The van der Waals surface area contributed by atoms with Crippen LogP contribution in [0.25, 0.3) is 0 Å². The predicted molar refractivity (Wildman–Crippen MR) is 463 cm³/mol. The molecule has 624 valence electrons. The van der Waals surface area contributed by atoms with Crippen LogP contribution in [0.15, 0.2) is 104 Å². The minimum absolute atomic E-state index is 0.0497. The number of carbonyl (C=O) groups is 1. The highest BCUT2D eigenvalue weighted by molar-refractivity contribution is 9.10. The van der Waals surface area contributed by atoms with E-state index in [1.54, 1.807) is 0 Å². The number of halogens is 5. The average Bonchev–Trinajstić information content (AvgIpc) is 1.49. The fourth-order valence-electron chi connectivity index (χ4n) is 16.4. The van der Waals surface area contributed by atoms with Gasteiger partial charge in [0.15, 0.2) is 0 Å². The monoisotopic (exact) mass is 1770 g/mol. The van der Waals surface area contributed by atoms with Crippen molar-refractivity contribution in [3.63, 3.8) is 0 Å². The van der Waals surface area contributed by atoms with Crippen molar-refractivity contribution in [1.29, 1.82) is 0 Å². The molecule has 0 radical (unpaired) electrons. The molecule has 14 nitrogen and oxygen atoms in total. The summed E-state index contributed by atoms with van der Waals surface area (Å²) in [5.41, 5.74) is 1.28. The standard InChI is InChI=1S/C33H61ClO4Si.C29H53ClO4Si.C24H29Br2ClN2Si.2CO2/c1-16-23(2)26(35)24(19-17-18-20-34)27-31(12,13)25(21-28(3,4)5)36-39(27)37-32(14,29(6,7)8)22-33(15,38-39)30(9,10)11;1-24(2,3)18-22-27(10,11)23(21(19-31)16-14-15-17-30)35(32-22)33-28(12,25(4,5)6)20-29(13,34-35)26(7,8)9;1-2-3-16-30(27)28(17-19-8-12-21(25)13-9-19)23-6-4-5-7-24(23)29(30)18-20-10-14-22(26)15-11-20;2*2-1-3/h16,23,25-26,35H,1,17-22H2,2-15H3;19,22H,14-18,20H2,1-13H3;2-3,8-15,23-24H,4-7,16-18H2,1H3;;/b27-24-;23-21-;3-2+;;/t23-,25-,26-,32?,33?,39?;22-,28?,29?,35?;23-,24-;;/m001../s1. The van der Waals surface area contributed by atoms with E-state index in [0.717, 1.165) is 114 Å². The Labute approximate surface area is 701 Å². The van der Waals surface area contributed by atoms with Crippen molar-refractivity contribution in [2.45, 2.75) is 356 Å². The Hall–Kier alpha value is -2.05. The number of hydrogen-bond acceptors (Lipinski definition) is 14. The number of allylic oxidation sites excluding steroid dienone is 3. The number of rotatable bonds is 20. The number of alkyl halides is 2. The van der Waals surface area contributed by atoms with Gasteiger partial charge in [-0.2, -0.15) is 19.2 Å². The lowest BCUT2D eigenvalue weighted by atomic mass is 9.66. The lowest BCUT2D eigenvalue weighted by molar-refractivity contribution is -0.205. The molecule has 5 heterocycles. The number of carbonyl (C=O) groups excluding carboxylic acids is 5. The van der Waals surface area contributed by atoms with Crippen LogP contribution in [0.4, 0.5) is 0 Å². The second kappa shape index (κ2) is 39.2. The van der Waals surface area contributed by atoms with Crippen molar-refractivity contribution in [2.75, 3.05) is 11.8 Å². The van der Waals surface area contributed by atoms with Gasteiger partial charge in [-0.05, 0) is 178 Å². The first kappa shape index (κ1) is 100. The van der Waals surface area contributed by atoms with Crippen LogP contribution in [0.5, 0.6) is 0 Å². The Balaban J connectivity index is 0.000000337. The maximum atomic E-state index is 12.7. The third kappa shape index (κ3) is 24.1. The molecule has 5 saturated heterocycles. The zero-order valence-electron chi connectivity index (χ0n) is 72.8. The lowest BCUT2D eigenvalue weighted by Crippen LogP contribution is -2.69. The maximum absolute atomic E-state index is 12.7. The van der Waals surface area contributed by atoms with E-state index in [2.05, 4.69) is 295 Å². The molecule has 4 unspecified atom stereocenters. The van der Waals surface area contributed by atoms with Gasteiger partial charge < -0.3 is 31.7 Å². The van der Waals surface area contributed by atoms with Crippen molar-refractivity contribution in [2.24, 2.45) is 49.2 Å². The van der Waals surface area contributed by atoms with Gasteiger partial charge in [0.25, 0.3) is 0 Å². The third-order valence-corrected chi connectivity index (χ3v) is 39.1. The molecule has 0 amide bonds. The molecule has 5 aliphatic heterocycles. The van der Waals surface area contributed by atoms with E-state index >= 15 is 0 Å². The van der Waals surface area contributed by atoms with Gasteiger partial charge in [0, 0.05) is 91.9 Å². The number of unbranched alkanes of at least 4 members (excludes halogenated alkanes) is 2. The molecule has 2 spiro atoms. The molecule has 10 atom stereocenters. The summed E-state index contributed by atoms with van der Waals surface area (Å²) in [7, 11) is -9.35. The summed E-state index contributed by atoms with van der Waals surface area (Å²) < 4.78 is 51.3. The Morgan fingerprint density at radius 1 is 0.582 bits per heavy atom.